The summed E-state index contributed by atoms with van der Waals surface area (Å²) in [5.41, 5.74) is 3.75. The lowest BCUT2D eigenvalue weighted by Crippen LogP contribution is -2.27. The number of carbonyl (C=O) groups excluding carboxylic acids is 1. The Morgan fingerprint density at radius 2 is 1.92 bits per heavy atom. The van der Waals surface area contributed by atoms with Crippen molar-refractivity contribution in [2.24, 2.45) is 0 Å². The fourth-order valence-electron chi connectivity index (χ4n) is 2.70. The summed E-state index contributed by atoms with van der Waals surface area (Å²) in [6.07, 6.45) is 0.549. The fourth-order valence-corrected chi connectivity index (χ4v) is 2.82. The molecule has 2 aromatic carbocycles. The van der Waals surface area contributed by atoms with E-state index in [-0.39, 0.29) is 5.91 Å². The van der Waals surface area contributed by atoms with E-state index in [1.54, 1.807) is 12.1 Å². The number of aryl methyl sites for hydroxylation is 2. The number of nitrogens with zero attached hydrogens (tertiary/aromatic N) is 4. The van der Waals surface area contributed by atoms with Crippen molar-refractivity contribution < 1.29 is 4.79 Å². The highest BCUT2D eigenvalue weighted by Crippen LogP contribution is 2.21. The Morgan fingerprint density at radius 1 is 1.19 bits per heavy atom. The van der Waals surface area contributed by atoms with Gasteiger partial charge in [-0.2, -0.15) is 4.80 Å². The first-order chi connectivity index (χ1) is 12.5. The molecule has 3 rings (SSSR count). The molecule has 0 aliphatic carbocycles. The predicted molar refractivity (Wildman–Crippen MR) is 102 cm³/mol. The topological polar surface area (TPSA) is 72.7 Å². The van der Waals surface area contributed by atoms with Gasteiger partial charge in [-0.1, -0.05) is 36.2 Å². The van der Waals surface area contributed by atoms with Crippen LogP contribution in [0.25, 0.3) is 11.4 Å². The van der Waals surface area contributed by atoms with Gasteiger partial charge in [0, 0.05) is 16.3 Å². The number of hydrogen-bond acceptors (Lipinski definition) is 4. The third-order valence-electron chi connectivity index (χ3n) is 4.14. The Morgan fingerprint density at radius 3 is 2.58 bits per heavy atom. The van der Waals surface area contributed by atoms with Crippen LogP contribution in [0.15, 0.2) is 42.5 Å². The van der Waals surface area contributed by atoms with Gasteiger partial charge in [0.25, 0.3) is 5.91 Å². The van der Waals surface area contributed by atoms with Crippen LogP contribution in [0.1, 0.15) is 30.5 Å². The maximum Gasteiger partial charge on any atom is 0.251 e. The molecule has 1 N–H and O–H groups in total. The quantitative estimate of drug-likeness (QED) is 0.731. The minimum atomic E-state index is -0.538. The molecule has 1 amide bonds. The number of tetrazole rings is 1. The van der Waals surface area contributed by atoms with Gasteiger partial charge in [-0.05, 0) is 61.4 Å². The van der Waals surface area contributed by atoms with Crippen molar-refractivity contribution in [2.75, 3.05) is 5.32 Å². The van der Waals surface area contributed by atoms with E-state index in [1.165, 1.54) is 4.80 Å². The number of aromatic nitrogens is 4. The molecule has 1 heterocycles. The van der Waals surface area contributed by atoms with Gasteiger partial charge in [-0.25, -0.2) is 0 Å². The monoisotopic (exact) mass is 369 g/mol. The first-order valence-corrected chi connectivity index (χ1v) is 8.79. The van der Waals surface area contributed by atoms with Crippen molar-refractivity contribution in [1.82, 2.24) is 20.2 Å². The first kappa shape index (κ1) is 18.1. The van der Waals surface area contributed by atoms with Crippen molar-refractivity contribution in [1.29, 1.82) is 0 Å². The zero-order valence-electron chi connectivity index (χ0n) is 14.9. The molecule has 0 unspecified atom stereocenters. The summed E-state index contributed by atoms with van der Waals surface area (Å²) < 4.78 is 0. The van der Waals surface area contributed by atoms with Crippen molar-refractivity contribution in [3.63, 3.8) is 0 Å². The maximum absolute atomic E-state index is 12.7. The average Bonchev–Trinajstić information content (AvgIpc) is 3.08. The van der Waals surface area contributed by atoms with Crippen LogP contribution in [-0.2, 0) is 4.79 Å². The molecule has 26 heavy (non-hydrogen) atoms. The molecule has 134 valence electrons. The van der Waals surface area contributed by atoms with Gasteiger partial charge in [-0.15, -0.1) is 10.2 Å². The van der Waals surface area contributed by atoms with E-state index < -0.39 is 6.04 Å². The highest BCUT2D eigenvalue weighted by atomic mass is 35.5. The van der Waals surface area contributed by atoms with E-state index in [9.17, 15) is 4.79 Å². The molecule has 0 radical (unpaired) electrons. The molecule has 0 fully saturated rings. The summed E-state index contributed by atoms with van der Waals surface area (Å²) in [5.74, 6) is 0.291. The van der Waals surface area contributed by atoms with Crippen LogP contribution < -0.4 is 5.32 Å². The number of halogens is 1. The minimum absolute atomic E-state index is 0.167. The summed E-state index contributed by atoms with van der Waals surface area (Å²) in [5, 5.41) is 16.1. The van der Waals surface area contributed by atoms with Gasteiger partial charge in [0.05, 0.1) is 0 Å². The van der Waals surface area contributed by atoms with E-state index in [0.29, 0.717) is 17.3 Å². The fraction of sp³-hybridized carbons (Fsp3) is 0.263. The Kier molecular flexibility index (Phi) is 5.32. The standard InChI is InChI=1S/C19H20ClN5O/c1-4-17(19(26)21-16-10-5-12(2)11-13(16)3)25-23-18(22-24-25)14-6-8-15(20)9-7-14/h5-11,17H,4H2,1-3H3,(H,21,26)/t17-/m0/s1. The lowest BCUT2D eigenvalue weighted by molar-refractivity contribution is -0.120. The van der Waals surface area contributed by atoms with Crippen molar-refractivity contribution in [2.45, 2.75) is 33.2 Å². The van der Waals surface area contributed by atoms with E-state index in [4.69, 9.17) is 11.6 Å². The van der Waals surface area contributed by atoms with Crippen molar-refractivity contribution >= 4 is 23.2 Å². The maximum atomic E-state index is 12.7. The molecule has 1 aromatic heterocycles. The smallest absolute Gasteiger partial charge is 0.251 e. The Hall–Kier alpha value is -2.73. The number of carbonyl (C=O) groups is 1. The zero-order chi connectivity index (χ0) is 18.7. The van der Waals surface area contributed by atoms with Gasteiger partial charge >= 0.3 is 0 Å². The molecule has 0 aliphatic rings. The van der Waals surface area contributed by atoms with Gasteiger partial charge in [0.2, 0.25) is 5.82 Å². The van der Waals surface area contributed by atoms with Crippen LogP contribution in [0, 0.1) is 13.8 Å². The van der Waals surface area contributed by atoms with Crippen LogP contribution in [-0.4, -0.2) is 26.1 Å². The second-order valence-electron chi connectivity index (χ2n) is 6.17. The lowest BCUT2D eigenvalue weighted by Gasteiger charge is -2.15. The average molecular weight is 370 g/mol. The summed E-state index contributed by atoms with van der Waals surface area (Å²) in [7, 11) is 0. The molecule has 1 atom stereocenters. The zero-order valence-corrected chi connectivity index (χ0v) is 15.7. The van der Waals surface area contributed by atoms with Crippen LogP contribution >= 0.6 is 11.6 Å². The molecule has 3 aromatic rings. The number of hydrogen-bond donors (Lipinski definition) is 1. The summed E-state index contributed by atoms with van der Waals surface area (Å²) in [6.45, 7) is 5.90. The second-order valence-corrected chi connectivity index (χ2v) is 6.61. The Balaban J connectivity index is 1.80. The number of nitrogens with one attached hydrogen (secondary N) is 1. The van der Waals surface area contributed by atoms with Gasteiger partial charge in [0.1, 0.15) is 0 Å². The molecule has 0 saturated carbocycles. The normalized spacial score (nSPS) is 12.0. The third-order valence-corrected chi connectivity index (χ3v) is 4.39. The molecule has 0 aliphatic heterocycles. The molecular weight excluding hydrogens is 350 g/mol. The summed E-state index contributed by atoms with van der Waals surface area (Å²) in [6, 6.07) is 12.5. The highest BCUT2D eigenvalue weighted by molar-refractivity contribution is 6.30. The van der Waals surface area contributed by atoms with Crippen LogP contribution in [0.4, 0.5) is 5.69 Å². The van der Waals surface area contributed by atoms with E-state index in [1.807, 2.05) is 51.1 Å². The van der Waals surface area contributed by atoms with Gasteiger partial charge in [-0.3, -0.25) is 4.79 Å². The van der Waals surface area contributed by atoms with E-state index in [2.05, 4.69) is 20.7 Å². The minimum Gasteiger partial charge on any atom is -0.324 e. The largest absolute Gasteiger partial charge is 0.324 e. The SMILES string of the molecule is CC[C@@H](C(=O)Nc1ccc(C)cc1C)n1nnc(-c2ccc(Cl)cc2)n1. The third kappa shape index (κ3) is 3.91. The predicted octanol–water partition coefficient (Wildman–Crippen LogP) is 4.20. The molecule has 6 nitrogen and oxygen atoms in total. The van der Waals surface area contributed by atoms with Crippen LogP contribution in [0.2, 0.25) is 5.02 Å². The number of amides is 1. The van der Waals surface area contributed by atoms with Crippen molar-refractivity contribution in [3.8, 4) is 11.4 Å². The van der Waals surface area contributed by atoms with Crippen LogP contribution in [0.3, 0.4) is 0 Å². The highest BCUT2D eigenvalue weighted by Gasteiger charge is 2.22. The Bertz CT molecular complexity index is 920. The molecule has 7 heteroatoms. The van der Waals surface area contributed by atoms with E-state index >= 15 is 0 Å². The number of rotatable bonds is 5. The number of benzene rings is 2. The van der Waals surface area contributed by atoms with Gasteiger partial charge < -0.3 is 5.32 Å². The Labute approximate surface area is 157 Å². The lowest BCUT2D eigenvalue weighted by atomic mass is 10.1. The van der Waals surface area contributed by atoms with Gasteiger partial charge in [0.15, 0.2) is 6.04 Å². The second kappa shape index (κ2) is 7.66. The van der Waals surface area contributed by atoms with Crippen LogP contribution in [0.5, 0.6) is 0 Å². The molecule has 0 bridgehead atoms. The summed E-state index contributed by atoms with van der Waals surface area (Å²) in [4.78, 5) is 14.1. The van der Waals surface area contributed by atoms with Crippen molar-refractivity contribution in [3.05, 3.63) is 58.6 Å². The molecule has 0 spiro atoms. The number of anilines is 1. The molecular formula is C19H20ClN5O. The summed E-state index contributed by atoms with van der Waals surface area (Å²) >= 11 is 5.90. The molecule has 0 saturated heterocycles. The van der Waals surface area contributed by atoms with E-state index in [0.717, 1.165) is 22.4 Å². The first-order valence-electron chi connectivity index (χ1n) is 8.41.